The predicted molar refractivity (Wildman–Crippen MR) is 143 cm³/mol. The lowest BCUT2D eigenvalue weighted by molar-refractivity contribution is 0.0741. The van der Waals surface area contributed by atoms with E-state index in [4.69, 9.17) is 23.2 Å². The number of aliphatic hydroxyl groups excluding tert-OH is 1. The smallest absolute Gasteiger partial charge is 0.176 e. The van der Waals surface area contributed by atoms with Gasteiger partial charge in [0.2, 0.25) is 0 Å². The first-order valence-electron chi connectivity index (χ1n) is 11.3. The van der Waals surface area contributed by atoms with Crippen molar-refractivity contribution < 1.29 is 23.0 Å². The molecule has 0 radical (unpaired) electrons. The molecule has 0 aliphatic carbocycles. The van der Waals surface area contributed by atoms with Crippen molar-refractivity contribution >= 4 is 33.0 Å². The summed E-state index contributed by atoms with van der Waals surface area (Å²) < 4.78 is 40.8. The Hall–Kier alpha value is -2.75. The molecule has 0 saturated heterocycles. The maximum atomic E-state index is 14.6. The first-order chi connectivity index (χ1) is 17.3. The van der Waals surface area contributed by atoms with Gasteiger partial charge in [-0.1, -0.05) is 41.4 Å². The number of aliphatic hydroxyl groups is 2. The maximum Gasteiger partial charge on any atom is 0.176 e. The van der Waals surface area contributed by atoms with Crippen LogP contribution >= 0.6 is 23.2 Å². The van der Waals surface area contributed by atoms with Gasteiger partial charge in [0.15, 0.2) is 9.84 Å². The standard InChI is InChI=1S/C27H25Cl2FN2O4S/c1-27(2,34)25-14-32(26(31-25)12-17-4-7-19(28)13-22(17)29)20-8-5-16(6-9-20)18-10-23(30)21(15-33)24(11-18)37(3,35)36/h4-11,13-14,33-34H,12,15H2,1-3H3. The van der Waals surface area contributed by atoms with E-state index in [0.717, 1.165) is 17.5 Å². The highest BCUT2D eigenvalue weighted by Crippen LogP contribution is 2.31. The number of benzene rings is 3. The molecule has 194 valence electrons. The average molecular weight is 563 g/mol. The molecule has 0 aliphatic heterocycles. The van der Waals surface area contributed by atoms with Crippen LogP contribution in [0.3, 0.4) is 0 Å². The molecule has 6 nitrogen and oxygen atoms in total. The number of aromatic nitrogens is 2. The molecule has 0 spiro atoms. The van der Waals surface area contributed by atoms with Crippen LogP contribution in [0.5, 0.6) is 0 Å². The van der Waals surface area contributed by atoms with Crippen molar-refractivity contribution in [2.75, 3.05) is 6.26 Å². The third-order valence-corrected chi connectivity index (χ3v) is 7.71. The van der Waals surface area contributed by atoms with E-state index in [1.165, 1.54) is 12.1 Å². The molecule has 3 aromatic carbocycles. The molecule has 4 aromatic rings. The fraction of sp³-hybridized carbons (Fsp3) is 0.222. The maximum absolute atomic E-state index is 14.6. The number of hydrogen-bond acceptors (Lipinski definition) is 5. The number of imidazole rings is 1. The second-order valence-electron chi connectivity index (χ2n) is 9.30. The third kappa shape index (κ3) is 5.89. The van der Waals surface area contributed by atoms with Gasteiger partial charge < -0.3 is 14.8 Å². The minimum atomic E-state index is -3.76. The molecule has 10 heteroatoms. The number of halogens is 3. The largest absolute Gasteiger partial charge is 0.392 e. The van der Waals surface area contributed by atoms with Crippen molar-refractivity contribution in [3.63, 3.8) is 0 Å². The van der Waals surface area contributed by atoms with E-state index in [2.05, 4.69) is 4.98 Å². The highest BCUT2D eigenvalue weighted by atomic mass is 35.5. The first-order valence-corrected chi connectivity index (χ1v) is 13.9. The Morgan fingerprint density at radius 2 is 1.70 bits per heavy atom. The first kappa shape index (κ1) is 27.3. The number of nitrogens with zero attached hydrogens (tertiary/aromatic N) is 2. The van der Waals surface area contributed by atoms with Crippen molar-refractivity contribution in [3.05, 3.63) is 99.3 Å². The molecule has 2 N–H and O–H groups in total. The zero-order chi connectivity index (χ0) is 27.1. The van der Waals surface area contributed by atoms with E-state index in [-0.39, 0.29) is 10.5 Å². The van der Waals surface area contributed by atoms with Crippen LogP contribution in [0.2, 0.25) is 10.0 Å². The zero-order valence-corrected chi connectivity index (χ0v) is 22.7. The molecule has 0 bridgehead atoms. The Morgan fingerprint density at radius 1 is 1.03 bits per heavy atom. The van der Waals surface area contributed by atoms with Crippen LogP contribution < -0.4 is 0 Å². The van der Waals surface area contributed by atoms with Crippen molar-refractivity contribution in [1.82, 2.24) is 9.55 Å². The Bertz CT molecular complexity index is 1580. The topological polar surface area (TPSA) is 92.4 Å². The highest BCUT2D eigenvalue weighted by Gasteiger charge is 2.23. The lowest BCUT2D eigenvalue weighted by atomic mass is 10.0. The Labute approximate surface area is 224 Å². The van der Waals surface area contributed by atoms with Crippen molar-refractivity contribution in [1.29, 1.82) is 0 Å². The molecule has 0 atom stereocenters. The Balaban J connectivity index is 1.76. The van der Waals surface area contributed by atoms with Crippen LogP contribution in [0.25, 0.3) is 16.8 Å². The predicted octanol–water partition coefficient (Wildman–Crippen LogP) is 5.70. The summed E-state index contributed by atoms with van der Waals surface area (Å²) in [6.45, 7) is 2.57. The molecule has 0 unspecified atom stereocenters. The second-order valence-corrected chi connectivity index (χ2v) is 12.1. The van der Waals surface area contributed by atoms with Crippen molar-refractivity contribution in [2.24, 2.45) is 0 Å². The monoisotopic (exact) mass is 562 g/mol. The Kier molecular flexibility index (Phi) is 7.52. The van der Waals surface area contributed by atoms with Crippen LogP contribution in [-0.4, -0.2) is 34.4 Å². The van der Waals surface area contributed by atoms with Gasteiger partial charge >= 0.3 is 0 Å². The fourth-order valence-electron chi connectivity index (χ4n) is 3.97. The molecule has 37 heavy (non-hydrogen) atoms. The van der Waals surface area contributed by atoms with Gasteiger partial charge in [-0.15, -0.1) is 0 Å². The summed E-state index contributed by atoms with van der Waals surface area (Å²) in [5.74, 6) is -0.164. The van der Waals surface area contributed by atoms with Gasteiger partial charge in [0.25, 0.3) is 0 Å². The molecule has 1 heterocycles. The van der Waals surface area contributed by atoms with Crippen LogP contribution in [0.4, 0.5) is 4.39 Å². The van der Waals surface area contributed by atoms with Gasteiger partial charge in [0, 0.05) is 40.2 Å². The van der Waals surface area contributed by atoms with Gasteiger partial charge in [0.05, 0.1) is 17.2 Å². The molecular weight excluding hydrogens is 538 g/mol. The SMILES string of the molecule is CC(C)(O)c1cn(-c2ccc(-c3cc(F)c(CO)c(S(C)(=O)=O)c3)cc2)c(Cc2ccc(Cl)cc2Cl)n1. The molecule has 4 rings (SSSR count). The van der Waals surface area contributed by atoms with E-state index in [1.54, 1.807) is 56.4 Å². The quantitative estimate of drug-likeness (QED) is 0.301. The molecule has 0 fully saturated rings. The van der Waals surface area contributed by atoms with Crippen LogP contribution in [0, 0.1) is 5.82 Å². The van der Waals surface area contributed by atoms with Gasteiger partial charge in [-0.25, -0.2) is 17.8 Å². The molecule has 1 aromatic heterocycles. The molecular formula is C27H25Cl2FN2O4S. The van der Waals surface area contributed by atoms with E-state index >= 15 is 0 Å². The summed E-state index contributed by atoms with van der Waals surface area (Å²) in [6, 6.07) is 14.8. The number of hydrogen-bond donors (Lipinski definition) is 2. The van der Waals surface area contributed by atoms with Gasteiger partial charge in [-0.3, -0.25) is 0 Å². The lowest BCUT2D eigenvalue weighted by Crippen LogP contribution is -2.15. The third-order valence-electron chi connectivity index (χ3n) is 5.96. The van der Waals surface area contributed by atoms with Crippen LogP contribution in [-0.2, 0) is 28.5 Å². The summed E-state index contributed by atoms with van der Waals surface area (Å²) >= 11 is 12.4. The van der Waals surface area contributed by atoms with E-state index in [9.17, 15) is 23.0 Å². The van der Waals surface area contributed by atoms with E-state index in [0.29, 0.717) is 39.1 Å². The highest BCUT2D eigenvalue weighted by molar-refractivity contribution is 7.90. The Morgan fingerprint density at radius 3 is 2.27 bits per heavy atom. The summed E-state index contributed by atoms with van der Waals surface area (Å²) in [5.41, 5.74) is 1.51. The van der Waals surface area contributed by atoms with Crippen LogP contribution in [0.15, 0.2) is 65.7 Å². The number of sulfone groups is 1. The zero-order valence-electron chi connectivity index (χ0n) is 20.3. The summed E-state index contributed by atoms with van der Waals surface area (Å²) in [5, 5.41) is 21.0. The van der Waals surface area contributed by atoms with Crippen molar-refractivity contribution in [2.45, 2.75) is 37.4 Å². The van der Waals surface area contributed by atoms with Crippen molar-refractivity contribution in [3.8, 4) is 16.8 Å². The summed E-state index contributed by atoms with van der Waals surface area (Å²) in [4.78, 5) is 4.40. The lowest BCUT2D eigenvalue weighted by Gasteiger charge is -2.13. The molecule has 0 aliphatic rings. The van der Waals surface area contributed by atoms with Crippen LogP contribution in [0.1, 0.15) is 36.5 Å². The van der Waals surface area contributed by atoms with E-state index < -0.39 is 27.9 Å². The summed E-state index contributed by atoms with van der Waals surface area (Å²) in [6.07, 6.45) is 3.09. The van der Waals surface area contributed by atoms with E-state index in [1.807, 2.05) is 10.6 Å². The van der Waals surface area contributed by atoms with Gasteiger partial charge in [-0.05, 0) is 66.9 Å². The molecule has 0 saturated carbocycles. The minimum Gasteiger partial charge on any atom is -0.392 e. The average Bonchev–Trinajstić information content (AvgIpc) is 3.24. The van der Waals surface area contributed by atoms with Gasteiger partial charge in [-0.2, -0.15) is 0 Å². The van der Waals surface area contributed by atoms with Gasteiger partial charge in [0.1, 0.15) is 17.2 Å². The normalized spacial score (nSPS) is 12.2. The second kappa shape index (κ2) is 10.2. The summed E-state index contributed by atoms with van der Waals surface area (Å²) in [7, 11) is -3.76. The molecule has 0 amide bonds. The minimum absolute atomic E-state index is 0.249. The fourth-order valence-corrected chi connectivity index (χ4v) is 5.40. The number of rotatable bonds is 7.